The molecule has 0 aliphatic heterocycles. The summed E-state index contributed by atoms with van der Waals surface area (Å²) in [6, 6.07) is 14.5. The topological polar surface area (TPSA) is 43.7 Å². The Bertz CT molecular complexity index is 558. The van der Waals surface area contributed by atoms with E-state index in [4.69, 9.17) is 0 Å². The summed E-state index contributed by atoms with van der Waals surface area (Å²) in [7, 11) is 0. The third kappa shape index (κ3) is 2.94. The average molecular weight is 273 g/mol. The molecular formula is C17H23NO2. The van der Waals surface area contributed by atoms with Crippen molar-refractivity contribution in [1.29, 1.82) is 0 Å². The highest BCUT2D eigenvalue weighted by Gasteiger charge is 2.26. The second kappa shape index (κ2) is 6.25. The smallest absolute Gasteiger partial charge is 0.0523 e. The molecule has 20 heavy (non-hydrogen) atoms. The fourth-order valence-corrected chi connectivity index (χ4v) is 2.46. The highest BCUT2D eigenvalue weighted by atomic mass is 16.3. The first kappa shape index (κ1) is 14.8. The van der Waals surface area contributed by atoms with E-state index in [0.29, 0.717) is 6.54 Å². The van der Waals surface area contributed by atoms with Crippen LogP contribution in [0.5, 0.6) is 0 Å². The molecule has 0 unspecified atom stereocenters. The summed E-state index contributed by atoms with van der Waals surface area (Å²) >= 11 is 0. The maximum Gasteiger partial charge on any atom is 0.0523 e. The largest absolute Gasteiger partial charge is 0.396 e. The van der Waals surface area contributed by atoms with Crippen LogP contribution in [0.3, 0.4) is 0 Å². The van der Waals surface area contributed by atoms with Gasteiger partial charge in [-0.2, -0.15) is 0 Å². The minimum Gasteiger partial charge on any atom is -0.396 e. The summed E-state index contributed by atoms with van der Waals surface area (Å²) < 4.78 is 0. The first-order valence-electron chi connectivity index (χ1n) is 7.08. The van der Waals surface area contributed by atoms with Gasteiger partial charge in [-0.3, -0.25) is 0 Å². The van der Waals surface area contributed by atoms with Gasteiger partial charge in [-0.05, 0) is 18.4 Å². The van der Waals surface area contributed by atoms with Crippen molar-refractivity contribution in [2.45, 2.75) is 13.8 Å². The lowest BCUT2D eigenvalue weighted by Crippen LogP contribution is -2.41. The van der Waals surface area contributed by atoms with Crippen molar-refractivity contribution in [1.82, 2.24) is 0 Å². The Morgan fingerprint density at radius 1 is 1.00 bits per heavy atom. The molecule has 2 N–H and O–H groups in total. The van der Waals surface area contributed by atoms with E-state index in [1.54, 1.807) is 0 Å². The Morgan fingerprint density at radius 2 is 1.65 bits per heavy atom. The van der Waals surface area contributed by atoms with Gasteiger partial charge >= 0.3 is 0 Å². The van der Waals surface area contributed by atoms with E-state index in [2.05, 4.69) is 42.2 Å². The Balaban J connectivity index is 2.39. The van der Waals surface area contributed by atoms with Gasteiger partial charge < -0.3 is 15.1 Å². The number of anilines is 1. The molecule has 2 aromatic carbocycles. The predicted molar refractivity (Wildman–Crippen MR) is 84.1 cm³/mol. The van der Waals surface area contributed by atoms with Gasteiger partial charge in [-0.15, -0.1) is 0 Å². The normalized spacial score (nSPS) is 11.8. The number of nitrogens with zero attached hydrogens (tertiary/aromatic N) is 1. The second-order valence-electron chi connectivity index (χ2n) is 5.64. The van der Waals surface area contributed by atoms with Gasteiger partial charge in [0, 0.05) is 29.6 Å². The Kier molecular flexibility index (Phi) is 4.63. The van der Waals surface area contributed by atoms with Crippen LogP contribution < -0.4 is 4.90 Å². The number of aliphatic hydroxyl groups is 2. The lowest BCUT2D eigenvalue weighted by molar-refractivity contribution is 0.0756. The van der Waals surface area contributed by atoms with Crippen LogP contribution >= 0.6 is 0 Å². The van der Waals surface area contributed by atoms with Gasteiger partial charge in [-0.1, -0.05) is 43.3 Å². The molecule has 0 spiro atoms. The molecular weight excluding hydrogens is 250 g/mol. The third-order valence-corrected chi connectivity index (χ3v) is 3.83. The minimum absolute atomic E-state index is 0.0230. The highest BCUT2D eigenvalue weighted by Crippen LogP contribution is 2.29. The van der Waals surface area contributed by atoms with Crippen LogP contribution in [0, 0.1) is 5.41 Å². The monoisotopic (exact) mass is 273 g/mol. The van der Waals surface area contributed by atoms with Gasteiger partial charge in [-0.25, -0.2) is 0 Å². The predicted octanol–water partition coefficient (Wildman–Crippen LogP) is 2.66. The summed E-state index contributed by atoms with van der Waals surface area (Å²) in [6.45, 7) is 5.42. The van der Waals surface area contributed by atoms with Gasteiger partial charge in [0.2, 0.25) is 0 Å². The summed E-state index contributed by atoms with van der Waals surface area (Å²) in [5.41, 5.74) is 0.658. The lowest BCUT2D eigenvalue weighted by Gasteiger charge is -2.34. The van der Waals surface area contributed by atoms with Crippen molar-refractivity contribution in [2.75, 3.05) is 31.2 Å². The lowest BCUT2D eigenvalue weighted by atomic mass is 9.91. The fraction of sp³-hybridized carbons (Fsp3) is 0.412. The molecule has 2 aromatic rings. The Morgan fingerprint density at radius 3 is 2.30 bits per heavy atom. The summed E-state index contributed by atoms with van der Waals surface area (Å²) in [5, 5.41) is 21.4. The van der Waals surface area contributed by atoms with Crippen molar-refractivity contribution in [3.05, 3.63) is 42.5 Å². The maximum atomic E-state index is 9.50. The number of benzene rings is 2. The molecule has 0 radical (unpaired) electrons. The summed E-state index contributed by atoms with van der Waals surface area (Å²) in [5.74, 6) is 0. The zero-order valence-electron chi connectivity index (χ0n) is 12.2. The van der Waals surface area contributed by atoms with E-state index in [1.165, 1.54) is 10.8 Å². The summed E-state index contributed by atoms with van der Waals surface area (Å²) in [6.07, 6.45) is 0. The van der Waals surface area contributed by atoms with Gasteiger partial charge in [0.15, 0.2) is 0 Å². The Hall–Kier alpha value is -1.58. The third-order valence-electron chi connectivity index (χ3n) is 3.83. The fourth-order valence-electron chi connectivity index (χ4n) is 2.46. The average Bonchev–Trinajstić information content (AvgIpc) is 2.52. The van der Waals surface area contributed by atoms with E-state index in [9.17, 15) is 10.2 Å². The van der Waals surface area contributed by atoms with E-state index in [0.717, 1.165) is 12.2 Å². The molecule has 0 fully saturated rings. The van der Waals surface area contributed by atoms with Crippen molar-refractivity contribution in [3.63, 3.8) is 0 Å². The van der Waals surface area contributed by atoms with Crippen molar-refractivity contribution in [2.24, 2.45) is 5.41 Å². The molecule has 108 valence electrons. The highest BCUT2D eigenvalue weighted by molar-refractivity contribution is 5.94. The molecule has 3 heteroatoms. The summed E-state index contributed by atoms with van der Waals surface area (Å²) in [4.78, 5) is 2.22. The zero-order chi connectivity index (χ0) is 14.6. The first-order chi connectivity index (χ1) is 9.63. The molecule has 0 aliphatic rings. The molecule has 2 rings (SSSR count). The van der Waals surface area contributed by atoms with Crippen LogP contribution in [0.4, 0.5) is 5.69 Å². The molecule has 0 amide bonds. The molecule has 0 atom stereocenters. The van der Waals surface area contributed by atoms with Gasteiger partial charge in [0.1, 0.15) is 0 Å². The van der Waals surface area contributed by atoms with E-state index in [-0.39, 0.29) is 13.2 Å². The number of hydrogen-bond donors (Lipinski definition) is 2. The molecule has 0 bridgehead atoms. The standard InChI is InChI=1S/C17H23NO2/c1-3-18(11-17(2,12-19)13-20)16-10-6-8-14-7-4-5-9-15(14)16/h4-10,19-20H,3,11-13H2,1-2H3. The number of aliphatic hydroxyl groups excluding tert-OH is 2. The number of hydrogen-bond acceptors (Lipinski definition) is 3. The first-order valence-corrected chi connectivity index (χ1v) is 7.08. The number of rotatable bonds is 6. The number of fused-ring (bicyclic) bond motifs is 1. The van der Waals surface area contributed by atoms with E-state index >= 15 is 0 Å². The maximum absolute atomic E-state index is 9.50. The van der Waals surface area contributed by atoms with Crippen LogP contribution in [-0.4, -0.2) is 36.5 Å². The Labute approximate surface area is 120 Å². The van der Waals surface area contributed by atoms with E-state index < -0.39 is 5.41 Å². The second-order valence-corrected chi connectivity index (χ2v) is 5.64. The molecule has 0 saturated carbocycles. The van der Waals surface area contributed by atoms with Crippen molar-refractivity contribution < 1.29 is 10.2 Å². The molecule has 0 heterocycles. The minimum atomic E-state index is -0.493. The van der Waals surface area contributed by atoms with Crippen LogP contribution in [0.1, 0.15) is 13.8 Å². The van der Waals surface area contributed by atoms with Crippen molar-refractivity contribution in [3.8, 4) is 0 Å². The van der Waals surface area contributed by atoms with Crippen LogP contribution in [0.2, 0.25) is 0 Å². The quantitative estimate of drug-likeness (QED) is 0.850. The van der Waals surface area contributed by atoms with Crippen molar-refractivity contribution >= 4 is 16.5 Å². The van der Waals surface area contributed by atoms with Crippen LogP contribution in [-0.2, 0) is 0 Å². The molecule has 3 nitrogen and oxygen atoms in total. The molecule has 0 saturated heterocycles. The van der Waals surface area contributed by atoms with Crippen LogP contribution in [0.25, 0.3) is 10.8 Å². The van der Waals surface area contributed by atoms with Gasteiger partial charge in [0.05, 0.1) is 13.2 Å². The van der Waals surface area contributed by atoms with E-state index in [1.807, 2.05) is 19.1 Å². The van der Waals surface area contributed by atoms with Gasteiger partial charge in [0.25, 0.3) is 0 Å². The molecule has 0 aromatic heterocycles. The van der Waals surface area contributed by atoms with Crippen LogP contribution in [0.15, 0.2) is 42.5 Å². The zero-order valence-corrected chi connectivity index (χ0v) is 12.2. The SMILES string of the molecule is CCN(CC(C)(CO)CO)c1cccc2ccccc12. The molecule has 0 aliphatic carbocycles.